The molecule has 0 spiro atoms. The summed E-state index contributed by atoms with van der Waals surface area (Å²) < 4.78 is 5.00. The fourth-order valence-corrected chi connectivity index (χ4v) is 3.02. The van der Waals surface area contributed by atoms with E-state index in [9.17, 15) is 4.79 Å². The maximum absolute atomic E-state index is 11.3. The summed E-state index contributed by atoms with van der Waals surface area (Å²) in [6.45, 7) is 2.71. The number of ether oxygens (including phenoxy) is 1. The Kier molecular flexibility index (Phi) is 21.2. The van der Waals surface area contributed by atoms with Crippen LogP contribution in [0.3, 0.4) is 0 Å². The van der Waals surface area contributed by atoms with Gasteiger partial charge in [-0.15, -0.1) is 0 Å². The van der Waals surface area contributed by atoms with Gasteiger partial charge in [-0.3, -0.25) is 4.79 Å². The summed E-state index contributed by atoms with van der Waals surface area (Å²) in [5.41, 5.74) is 0. The third kappa shape index (κ3) is 21.5. The van der Waals surface area contributed by atoms with Crippen LogP contribution in [0.1, 0.15) is 110 Å². The monoisotopic (exact) mass is 370 g/mol. The smallest absolute Gasteiger partial charge is 0.305 e. The molecule has 2 nitrogen and oxygen atoms in total. The van der Waals surface area contributed by atoms with Crippen molar-refractivity contribution in [2.45, 2.75) is 110 Å². The van der Waals surface area contributed by atoms with Crippen LogP contribution in [0.4, 0.5) is 0 Å². The molecular formula is C22H42O2S. The maximum atomic E-state index is 11.3. The Morgan fingerprint density at radius 2 is 1.24 bits per heavy atom. The Bertz CT molecular complexity index is 302. The highest BCUT2D eigenvalue weighted by molar-refractivity contribution is 7.80. The first-order valence-corrected chi connectivity index (χ1v) is 11.4. The van der Waals surface area contributed by atoms with Crippen molar-refractivity contribution in [1.82, 2.24) is 0 Å². The zero-order chi connectivity index (χ0) is 18.4. The van der Waals surface area contributed by atoms with E-state index in [1.165, 1.54) is 83.5 Å². The minimum Gasteiger partial charge on any atom is -0.465 e. The third-order valence-corrected chi connectivity index (χ3v) is 4.68. The number of carbonyl (C=O) groups excluding carboxylic acids is 1. The molecule has 0 fully saturated rings. The van der Waals surface area contributed by atoms with Crippen molar-refractivity contribution < 1.29 is 9.53 Å². The van der Waals surface area contributed by atoms with Gasteiger partial charge in [0.05, 0.1) is 0 Å². The van der Waals surface area contributed by atoms with Gasteiger partial charge in [0.15, 0.2) is 0 Å². The van der Waals surface area contributed by atoms with Crippen LogP contribution in [0, 0.1) is 0 Å². The average Bonchev–Trinajstić information content (AvgIpc) is 2.62. The van der Waals surface area contributed by atoms with E-state index in [0.717, 1.165) is 12.8 Å². The minimum atomic E-state index is -0.0657. The second-order valence-corrected chi connectivity index (χ2v) is 7.43. The fourth-order valence-electron chi connectivity index (χ4n) is 2.93. The highest BCUT2D eigenvalue weighted by Crippen LogP contribution is 2.12. The largest absolute Gasteiger partial charge is 0.465 e. The summed E-state index contributed by atoms with van der Waals surface area (Å²) in [4.78, 5) is 11.3. The number of unbranched alkanes of at least 4 members (excludes halogenated alkanes) is 13. The number of hydrogen-bond donors (Lipinski definition) is 1. The van der Waals surface area contributed by atoms with Gasteiger partial charge in [-0.25, -0.2) is 0 Å². The number of hydrogen-bond acceptors (Lipinski definition) is 3. The molecule has 0 heterocycles. The van der Waals surface area contributed by atoms with Crippen LogP contribution in [-0.4, -0.2) is 18.3 Å². The van der Waals surface area contributed by atoms with Crippen molar-refractivity contribution >= 4 is 18.6 Å². The van der Waals surface area contributed by atoms with Gasteiger partial charge >= 0.3 is 5.97 Å². The molecule has 0 rings (SSSR count). The maximum Gasteiger partial charge on any atom is 0.305 e. The van der Waals surface area contributed by atoms with Gasteiger partial charge < -0.3 is 4.74 Å². The van der Waals surface area contributed by atoms with Crippen LogP contribution in [0.5, 0.6) is 0 Å². The highest BCUT2D eigenvalue weighted by Gasteiger charge is 2.01. The molecule has 0 unspecified atom stereocenters. The van der Waals surface area contributed by atoms with Gasteiger partial charge in [0, 0.05) is 12.2 Å². The predicted octanol–water partition coefficient (Wildman–Crippen LogP) is 7.28. The molecule has 0 bridgehead atoms. The molecule has 0 aliphatic carbocycles. The molecule has 0 aromatic carbocycles. The summed E-state index contributed by atoms with van der Waals surface area (Å²) in [5.74, 6) is 0.546. The predicted molar refractivity (Wildman–Crippen MR) is 113 cm³/mol. The lowest BCUT2D eigenvalue weighted by Crippen LogP contribution is -2.06. The topological polar surface area (TPSA) is 26.3 Å². The van der Waals surface area contributed by atoms with E-state index < -0.39 is 0 Å². The molecule has 0 aliphatic heterocycles. The molecule has 0 atom stereocenters. The number of carbonyl (C=O) groups is 1. The zero-order valence-electron chi connectivity index (χ0n) is 16.6. The van der Waals surface area contributed by atoms with E-state index in [-0.39, 0.29) is 5.97 Å². The van der Waals surface area contributed by atoms with E-state index in [4.69, 9.17) is 4.74 Å². The first-order valence-electron chi connectivity index (χ1n) is 10.7. The SMILES string of the molecule is CCCCCC/C=C/CCCCCCCCCCCC(=O)OCCS. The number of thiol groups is 1. The molecule has 0 aromatic rings. The lowest BCUT2D eigenvalue weighted by molar-refractivity contribution is -0.143. The molecule has 0 saturated heterocycles. The van der Waals surface area contributed by atoms with E-state index >= 15 is 0 Å². The van der Waals surface area contributed by atoms with Crippen molar-refractivity contribution in [3.8, 4) is 0 Å². The quantitative estimate of drug-likeness (QED) is 0.112. The molecule has 0 radical (unpaired) electrons. The van der Waals surface area contributed by atoms with Gasteiger partial charge in [-0.1, -0.05) is 83.3 Å². The lowest BCUT2D eigenvalue weighted by Gasteiger charge is -2.03. The molecule has 3 heteroatoms. The average molecular weight is 371 g/mol. The van der Waals surface area contributed by atoms with Crippen LogP contribution in [0.2, 0.25) is 0 Å². The van der Waals surface area contributed by atoms with Crippen molar-refractivity contribution in [3.63, 3.8) is 0 Å². The lowest BCUT2D eigenvalue weighted by atomic mass is 10.1. The van der Waals surface area contributed by atoms with Gasteiger partial charge in [0.25, 0.3) is 0 Å². The van der Waals surface area contributed by atoms with Crippen LogP contribution in [-0.2, 0) is 9.53 Å². The van der Waals surface area contributed by atoms with Crippen molar-refractivity contribution in [3.05, 3.63) is 12.2 Å². The molecular weight excluding hydrogens is 328 g/mol. The summed E-state index contributed by atoms with van der Waals surface area (Å²) in [7, 11) is 0. The Balaban J connectivity index is 3.11. The normalized spacial score (nSPS) is 11.3. The molecule has 25 heavy (non-hydrogen) atoms. The number of allylic oxidation sites excluding steroid dienone is 2. The van der Waals surface area contributed by atoms with Crippen molar-refractivity contribution in [1.29, 1.82) is 0 Å². The van der Waals surface area contributed by atoms with Crippen molar-refractivity contribution in [2.75, 3.05) is 12.4 Å². The molecule has 0 N–H and O–H groups in total. The zero-order valence-corrected chi connectivity index (χ0v) is 17.5. The van der Waals surface area contributed by atoms with Crippen LogP contribution in [0.25, 0.3) is 0 Å². The Labute approximate surface area is 162 Å². The van der Waals surface area contributed by atoms with Crippen LogP contribution in [0.15, 0.2) is 12.2 Å². The second kappa shape index (κ2) is 21.6. The van der Waals surface area contributed by atoms with Crippen molar-refractivity contribution in [2.24, 2.45) is 0 Å². The molecule has 0 aromatic heterocycles. The van der Waals surface area contributed by atoms with E-state index in [1.54, 1.807) is 0 Å². The van der Waals surface area contributed by atoms with Gasteiger partial charge in [0.1, 0.15) is 6.61 Å². The first-order chi connectivity index (χ1) is 12.3. The third-order valence-electron chi connectivity index (χ3n) is 4.50. The minimum absolute atomic E-state index is 0.0657. The Morgan fingerprint density at radius 3 is 1.76 bits per heavy atom. The Morgan fingerprint density at radius 1 is 0.760 bits per heavy atom. The van der Waals surface area contributed by atoms with E-state index in [1.807, 2.05) is 0 Å². The highest BCUT2D eigenvalue weighted by atomic mass is 32.1. The van der Waals surface area contributed by atoms with Crippen LogP contribution < -0.4 is 0 Å². The standard InChI is InChI=1S/C22H42O2S/c1-2-3-4-5-6-7-8-9-10-11-12-13-14-15-16-17-18-19-22(23)24-20-21-25/h7-8,25H,2-6,9-21H2,1H3/b8-7+. The number of rotatable bonds is 19. The van der Waals surface area contributed by atoms with Gasteiger partial charge in [0.2, 0.25) is 0 Å². The second-order valence-electron chi connectivity index (χ2n) is 6.99. The Hall–Kier alpha value is -0.440. The van der Waals surface area contributed by atoms with E-state index in [0.29, 0.717) is 18.8 Å². The molecule has 0 saturated carbocycles. The summed E-state index contributed by atoms with van der Waals surface area (Å²) in [6.07, 6.45) is 24.8. The summed E-state index contributed by atoms with van der Waals surface area (Å²) >= 11 is 4.02. The molecule has 0 aliphatic rings. The number of esters is 1. The fraction of sp³-hybridized carbons (Fsp3) is 0.864. The van der Waals surface area contributed by atoms with Crippen LogP contribution >= 0.6 is 12.6 Å². The summed E-state index contributed by atoms with van der Waals surface area (Å²) in [5, 5.41) is 0. The summed E-state index contributed by atoms with van der Waals surface area (Å²) in [6, 6.07) is 0. The first kappa shape index (κ1) is 24.6. The molecule has 0 amide bonds. The van der Waals surface area contributed by atoms with Gasteiger partial charge in [-0.2, -0.15) is 12.6 Å². The van der Waals surface area contributed by atoms with Gasteiger partial charge in [-0.05, 0) is 32.1 Å². The van der Waals surface area contributed by atoms with E-state index in [2.05, 4.69) is 31.7 Å². The molecule has 148 valence electrons.